The van der Waals surface area contributed by atoms with E-state index >= 15 is 0 Å². The van der Waals surface area contributed by atoms with Gasteiger partial charge in [0.05, 0.1) is 5.92 Å². The summed E-state index contributed by atoms with van der Waals surface area (Å²) in [5, 5.41) is 2.88. The molecular weight excluding hydrogens is 184 g/mol. The molecule has 2 heteroatoms. The fourth-order valence-corrected chi connectivity index (χ4v) is 1.86. The summed E-state index contributed by atoms with van der Waals surface area (Å²) in [7, 11) is 0. The van der Waals surface area contributed by atoms with Gasteiger partial charge in [0, 0.05) is 0 Å². The molecule has 1 heterocycles. The summed E-state index contributed by atoms with van der Waals surface area (Å²) in [4.78, 5) is 4.18. The van der Waals surface area contributed by atoms with E-state index in [2.05, 4.69) is 55.6 Å². The molecule has 0 unspecified atom stereocenters. The first-order chi connectivity index (χ1) is 7.20. The van der Waals surface area contributed by atoms with Crippen LogP contribution in [0.15, 0.2) is 35.1 Å². The molecule has 1 aromatic carbocycles. The van der Waals surface area contributed by atoms with E-state index in [0.717, 1.165) is 5.70 Å². The van der Waals surface area contributed by atoms with E-state index in [0.29, 0.717) is 5.92 Å². The molecule has 1 aliphatic rings. The van der Waals surface area contributed by atoms with Crippen molar-refractivity contribution in [3.8, 4) is 0 Å². The molecule has 1 atom stereocenters. The van der Waals surface area contributed by atoms with Gasteiger partial charge in [-0.3, -0.25) is 0 Å². The van der Waals surface area contributed by atoms with Crippen LogP contribution in [0.5, 0.6) is 0 Å². The SMILES string of the molecule is Cc1cccc([C@H](C)C2=CN[C+]=N2)c1C. The Morgan fingerprint density at radius 2 is 2.13 bits per heavy atom. The maximum absolute atomic E-state index is 4.18. The van der Waals surface area contributed by atoms with E-state index in [1.807, 2.05) is 6.20 Å². The number of nitrogens with zero attached hydrogens (tertiary/aromatic N) is 1. The lowest BCUT2D eigenvalue weighted by Gasteiger charge is -2.11. The molecule has 0 aromatic heterocycles. The van der Waals surface area contributed by atoms with Gasteiger partial charge in [0.2, 0.25) is 5.70 Å². The highest BCUT2D eigenvalue weighted by molar-refractivity contribution is 5.62. The van der Waals surface area contributed by atoms with E-state index in [-0.39, 0.29) is 0 Å². The first-order valence-corrected chi connectivity index (χ1v) is 5.17. The Bertz CT molecular complexity index is 430. The molecule has 0 aliphatic carbocycles. The molecule has 0 radical (unpaired) electrons. The van der Waals surface area contributed by atoms with Gasteiger partial charge in [0.15, 0.2) is 6.20 Å². The zero-order valence-corrected chi connectivity index (χ0v) is 9.33. The summed E-state index contributed by atoms with van der Waals surface area (Å²) in [5.74, 6) is 0.326. The minimum atomic E-state index is 0.326. The average Bonchev–Trinajstić information content (AvgIpc) is 2.74. The van der Waals surface area contributed by atoms with Gasteiger partial charge in [-0.2, -0.15) is 5.32 Å². The van der Waals surface area contributed by atoms with Gasteiger partial charge in [0.1, 0.15) is 0 Å². The van der Waals surface area contributed by atoms with Crippen LogP contribution in [0.2, 0.25) is 0 Å². The predicted molar refractivity (Wildman–Crippen MR) is 63.0 cm³/mol. The van der Waals surface area contributed by atoms with Crippen LogP contribution >= 0.6 is 0 Å². The topological polar surface area (TPSA) is 24.4 Å². The molecule has 15 heavy (non-hydrogen) atoms. The molecule has 76 valence electrons. The molecular formula is C13H15N2+. The van der Waals surface area contributed by atoms with Crippen molar-refractivity contribution in [3.63, 3.8) is 0 Å². The summed E-state index contributed by atoms with van der Waals surface area (Å²) in [5.41, 5.74) is 5.08. The van der Waals surface area contributed by atoms with Crippen molar-refractivity contribution in [1.29, 1.82) is 0 Å². The van der Waals surface area contributed by atoms with Gasteiger partial charge in [0.25, 0.3) is 6.34 Å². The molecule has 0 amide bonds. The zero-order valence-electron chi connectivity index (χ0n) is 9.33. The van der Waals surface area contributed by atoms with Crippen LogP contribution < -0.4 is 5.32 Å². The smallest absolute Gasteiger partial charge is 0.185 e. The molecule has 1 N–H and O–H groups in total. The van der Waals surface area contributed by atoms with Gasteiger partial charge in [-0.05, 0) is 42.5 Å². The molecule has 1 aromatic rings. The molecule has 2 nitrogen and oxygen atoms in total. The van der Waals surface area contributed by atoms with Crippen molar-refractivity contribution in [2.24, 2.45) is 4.99 Å². The van der Waals surface area contributed by atoms with Crippen LogP contribution in [0.4, 0.5) is 0 Å². The second-order valence-electron chi connectivity index (χ2n) is 3.95. The maximum Gasteiger partial charge on any atom is 0.253 e. The Hall–Kier alpha value is -1.66. The number of rotatable bonds is 2. The van der Waals surface area contributed by atoms with E-state index in [1.54, 1.807) is 0 Å². The zero-order chi connectivity index (χ0) is 10.8. The monoisotopic (exact) mass is 199 g/mol. The van der Waals surface area contributed by atoms with E-state index in [9.17, 15) is 0 Å². The highest BCUT2D eigenvalue weighted by Crippen LogP contribution is 2.28. The van der Waals surface area contributed by atoms with Crippen molar-refractivity contribution >= 4 is 6.34 Å². The van der Waals surface area contributed by atoms with Crippen LogP contribution in [-0.2, 0) is 0 Å². The number of hydrogen-bond donors (Lipinski definition) is 1. The Kier molecular flexibility index (Phi) is 2.53. The fourth-order valence-electron chi connectivity index (χ4n) is 1.86. The molecule has 0 bridgehead atoms. The number of nitrogens with one attached hydrogen (secondary N) is 1. The minimum Gasteiger partial charge on any atom is -0.185 e. The lowest BCUT2D eigenvalue weighted by Crippen LogP contribution is -2.00. The molecule has 0 saturated heterocycles. The van der Waals surface area contributed by atoms with Crippen LogP contribution in [0.3, 0.4) is 0 Å². The van der Waals surface area contributed by atoms with E-state index in [4.69, 9.17) is 0 Å². The largest absolute Gasteiger partial charge is 0.253 e. The van der Waals surface area contributed by atoms with Crippen molar-refractivity contribution in [1.82, 2.24) is 5.32 Å². The third kappa shape index (κ3) is 1.77. The van der Waals surface area contributed by atoms with E-state index < -0.39 is 0 Å². The number of hydrogen-bond acceptors (Lipinski definition) is 2. The normalized spacial score (nSPS) is 15.5. The maximum atomic E-state index is 4.18. The van der Waals surface area contributed by atoms with Crippen molar-refractivity contribution in [3.05, 3.63) is 46.8 Å². The number of aryl methyl sites for hydroxylation is 1. The van der Waals surface area contributed by atoms with Crippen LogP contribution in [0.1, 0.15) is 29.5 Å². The Morgan fingerprint density at radius 1 is 1.33 bits per heavy atom. The fraction of sp³-hybridized carbons (Fsp3) is 0.308. The summed E-state index contributed by atoms with van der Waals surface area (Å²) in [6.07, 6.45) is 4.65. The third-order valence-electron chi connectivity index (χ3n) is 3.03. The minimum absolute atomic E-state index is 0.326. The van der Waals surface area contributed by atoms with Gasteiger partial charge >= 0.3 is 0 Å². The summed E-state index contributed by atoms with van der Waals surface area (Å²) >= 11 is 0. The number of aliphatic imine (C=N–C) groups is 1. The van der Waals surface area contributed by atoms with Crippen LogP contribution in [0, 0.1) is 13.8 Å². The first kappa shape index (κ1) is 9.88. The molecule has 1 aliphatic heterocycles. The average molecular weight is 199 g/mol. The third-order valence-corrected chi connectivity index (χ3v) is 3.03. The molecule has 2 rings (SSSR count). The van der Waals surface area contributed by atoms with E-state index in [1.165, 1.54) is 16.7 Å². The highest BCUT2D eigenvalue weighted by Gasteiger charge is 2.22. The Morgan fingerprint density at radius 3 is 2.80 bits per heavy atom. The second-order valence-corrected chi connectivity index (χ2v) is 3.95. The quantitative estimate of drug-likeness (QED) is 0.728. The van der Waals surface area contributed by atoms with Crippen LogP contribution in [-0.4, -0.2) is 6.34 Å². The summed E-state index contributed by atoms with van der Waals surface area (Å²) in [6, 6.07) is 6.41. The van der Waals surface area contributed by atoms with Gasteiger partial charge in [-0.1, -0.05) is 18.2 Å². The molecule has 0 saturated carbocycles. The lowest BCUT2D eigenvalue weighted by molar-refractivity contribution is 0.869. The standard InChI is InChI=1S/C13H15N2/c1-9-5-4-6-12(10(9)2)11(3)13-7-14-8-15-13/h4-7,11H,1-3H3,(H,14,15)/q+1/t11-/m0/s1. The summed E-state index contributed by atoms with van der Waals surface area (Å²) < 4.78 is 0. The predicted octanol–water partition coefficient (Wildman–Crippen LogP) is 2.76. The highest BCUT2D eigenvalue weighted by atomic mass is 15.0. The van der Waals surface area contributed by atoms with Gasteiger partial charge in [-0.25, -0.2) is 0 Å². The van der Waals surface area contributed by atoms with Gasteiger partial charge in [-0.15, -0.1) is 0 Å². The summed E-state index contributed by atoms with van der Waals surface area (Å²) in [6.45, 7) is 6.48. The van der Waals surface area contributed by atoms with Crippen molar-refractivity contribution in [2.75, 3.05) is 0 Å². The molecule has 0 fully saturated rings. The number of benzene rings is 1. The lowest BCUT2D eigenvalue weighted by atomic mass is 9.92. The first-order valence-electron chi connectivity index (χ1n) is 5.17. The number of allylic oxidation sites excluding steroid dienone is 1. The Labute approximate surface area is 90.7 Å². The van der Waals surface area contributed by atoms with Crippen molar-refractivity contribution < 1.29 is 0 Å². The Balaban J connectivity index is 2.37. The van der Waals surface area contributed by atoms with Gasteiger partial charge < -0.3 is 0 Å². The second kappa shape index (κ2) is 3.84. The van der Waals surface area contributed by atoms with Crippen molar-refractivity contribution in [2.45, 2.75) is 26.7 Å². The molecule has 0 spiro atoms. The van der Waals surface area contributed by atoms with Crippen LogP contribution in [0.25, 0.3) is 0 Å².